The number of carbonyl (C=O) groups is 2. The molecule has 2 aromatic carbocycles. The highest BCUT2D eigenvalue weighted by Crippen LogP contribution is 2.35. The van der Waals surface area contributed by atoms with E-state index in [0.29, 0.717) is 32.8 Å². The van der Waals surface area contributed by atoms with E-state index >= 15 is 0 Å². The molecular weight excluding hydrogens is 443 g/mol. The summed E-state index contributed by atoms with van der Waals surface area (Å²) in [6.07, 6.45) is -0.218. The SMILES string of the molecule is Cc1c(Cc2ccccc2)sc(NC(=O)C(C)Oc2ccc(Cl)cc2Cl)c1C(N)=O. The van der Waals surface area contributed by atoms with E-state index in [4.69, 9.17) is 33.7 Å². The minimum Gasteiger partial charge on any atom is -0.479 e. The summed E-state index contributed by atoms with van der Waals surface area (Å²) in [4.78, 5) is 25.7. The minimum absolute atomic E-state index is 0.303. The van der Waals surface area contributed by atoms with E-state index in [1.807, 2.05) is 37.3 Å². The number of ether oxygens (including phenoxy) is 1. The lowest BCUT2D eigenvalue weighted by atomic mass is 10.1. The molecule has 8 heteroatoms. The van der Waals surface area contributed by atoms with Gasteiger partial charge in [0.15, 0.2) is 6.10 Å². The van der Waals surface area contributed by atoms with Gasteiger partial charge in [-0.15, -0.1) is 11.3 Å². The molecule has 0 spiro atoms. The van der Waals surface area contributed by atoms with E-state index in [1.165, 1.54) is 17.4 Å². The quantitative estimate of drug-likeness (QED) is 0.488. The van der Waals surface area contributed by atoms with Gasteiger partial charge in [-0.05, 0) is 43.2 Å². The predicted molar refractivity (Wildman–Crippen MR) is 122 cm³/mol. The first-order valence-electron chi connectivity index (χ1n) is 9.14. The molecule has 0 aliphatic carbocycles. The highest BCUT2D eigenvalue weighted by Gasteiger charge is 2.24. The first-order chi connectivity index (χ1) is 14.3. The maximum absolute atomic E-state index is 12.7. The average molecular weight is 463 g/mol. The molecule has 5 nitrogen and oxygen atoms in total. The molecule has 3 N–H and O–H groups in total. The van der Waals surface area contributed by atoms with Gasteiger partial charge in [0.05, 0.1) is 10.6 Å². The number of halogens is 2. The minimum atomic E-state index is -0.857. The van der Waals surface area contributed by atoms with Crippen LogP contribution in [0.2, 0.25) is 10.0 Å². The number of rotatable bonds is 7. The lowest BCUT2D eigenvalue weighted by molar-refractivity contribution is -0.122. The van der Waals surface area contributed by atoms with E-state index in [9.17, 15) is 9.59 Å². The Morgan fingerprint density at radius 1 is 1.17 bits per heavy atom. The Morgan fingerprint density at radius 2 is 1.87 bits per heavy atom. The van der Waals surface area contributed by atoms with Gasteiger partial charge < -0.3 is 15.8 Å². The van der Waals surface area contributed by atoms with Crippen molar-refractivity contribution < 1.29 is 14.3 Å². The second-order valence-corrected chi connectivity index (χ2v) is 8.65. The fourth-order valence-electron chi connectivity index (χ4n) is 2.92. The summed E-state index contributed by atoms with van der Waals surface area (Å²) in [6, 6.07) is 14.6. The zero-order valence-corrected chi connectivity index (χ0v) is 18.7. The van der Waals surface area contributed by atoms with E-state index in [0.717, 1.165) is 16.0 Å². The summed E-state index contributed by atoms with van der Waals surface area (Å²) in [7, 11) is 0. The van der Waals surface area contributed by atoms with Crippen molar-refractivity contribution in [2.75, 3.05) is 5.32 Å². The Kier molecular flexibility index (Phi) is 7.02. The van der Waals surface area contributed by atoms with Crippen LogP contribution in [0.15, 0.2) is 48.5 Å². The molecule has 3 aromatic rings. The van der Waals surface area contributed by atoms with Gasteiger partial charge in [0.1, 0.15) is 10.8 Å². The van der Waals surface area contributed by atoms with Crippen molar-refractivity contribution in [1.29, 1.82) is 0 Å². The largest absolute Gasteiger partial charge is 0.479 e. The van der Waals surface area contributed by atoms with Crippen molar-refractivity contribution in [2.24, 2.45) is 5.73 Å². The number of hydrogen-bond donors (Lipinski definition) is 2. The number of hydrogen-bond acceptors (Lipinski definition) is 4. The zero-order valence-electron chi connectivity index (χ0n) is 16.4. The lowest BCUT2D eigenvalue weighted by Crippen LogP contribution is -2.30. The van der Waals surface area contributed by atoms with Crippen LogP contribution in [0.1, 0.15) is 33.3 Å². The molecule has 0 saturated heterocycles. The van der Waals surface area contributed by atoms with E-state index in [2.05, 4.69) is 5.32 Å². The zero-order chi connectivity index (χ0) is 21.8. The third kappa shape index (κ3) is 5.14. The van der Waals surface area contributed by atoms with E-state index in [-0.39, 0.29) is 0 Å². The monoisotopic (exact) mass is 462 g/mol. The maximum atomic E-state index is 12.7. The summed E-state index contributed by atoms with van der Waals surface area (Å²) >= 11 is 13.3. The predicted octanol–water partition coefficient (Wildman–Crippen LogP) is 5.46. The molecule has 0 saturated carbocycles. The standard InChI is InChI=1S/C22H20Cl2N2O3S/c1-12-18(10-14-6-4-3-5-7-14)30-22(19(12)20(25)27)26-21(28)13(2)29-17-9-8-15(23)11-16(17)24/h3-9,11,13H,10H2,1-2H3,(H2,25,27)(H,26,28). The number of benzene rings is 2. The van der Waals surface area contributed by atoms with Crippen LogP contribution in [0.5, 0.6) is 5.75 Å². The summed E-state index contributed by atoms with van der Waals surface area (Å²) in [5.74, 6) is -0.672. The number of thiophene rings is 1. The van der Waals surface area contributed by atoms with Gasteiger partial charge >= 0.3 is 0 Å². The fraction of sp³-hybridized carbons (Fsp3) is 0.182. The van der Waals surface area contributed by atoms with E-state index in [1.54, 1.807) is 19.1 Å². The van der Waals surface area contributed by atoms with Gasteiger partial charge in [-0.2, -0.15) is 0 Å². The first kappa shape index (κ1) is 22.2. The number of nitrogens with one attached hydrogen (secondary N) is 1. The topological polar surface area (TPSA) is 81.4 Å². The van der Waals surface area contributed by atoms with Gasteiger partial charge in [0, 0.05) is 16.3 Å². The smallest absolute Gasteiger partial charge is 0.265 e. The summed E-state index contributed by atoms with van der Waals surface area (Å²) in [6.45, 7) is 3.42. The highest BCUT2D eigenvalue weighted by atomic mass is 35.5. The van der Waals surface area contributed by atoms with Gasteiger partial charge in [-0.25, -0.2) is 0 Å². The third-order valence-corrected chi connectivity index (χ3v) is 6.24. The van der Waals surface area contributed by atoms with Gasteiger partial charge in [-0.1, -0.05) is 53.5 Å². The molecular formula is C22H20Cl2N2O3S. The average Bonchev–Trinajstić information content (AvgIpc) is 2.99. The van der Waals surface area contributed by atoms with Crippen molar-refractivity contribution in [3.63, 3.8) is 0 Å². The molecule has 0 aliphatic heterocycles. The Hall–Kier alpha value is -2.54. The van der Waals surface area contributed by atoms with Crippen LogP contribution in [0.25, 0.3) is 0 Å². The molecule has 0 bridgehead atoms. The molecule has 1 unspecified atom stereocenters. The molecule has 3 rings (SSSR count). The lowest BCUT2D eigenvalue weighted by Gasteiger charge is -2.15. The molecule has 1 heterocycles. The normalized spacial score (nSPS) is 11.7. The molecule has 30 heavy (non-hydrogen) atoms. The van der Waals surface area contributed by atoms with Crippen molar-refractivity contribution >= 4 is 51.4 Å². The first-order valence-corrected chi connectivity index (χ1v) is 10.7. The molecule has 1 aromatic heterocycles. The van der Waals surface area contributed by atoms with Crippen molar-refractivity contribution in [2.45, 2.75) is 26.4 Å². The van der Waals surface area contributed by atoms with Crippen molar-refractivity contribution in [3.05, 3.63) is 80.1 Å². The maximum Gasteiger partial charge on any atom is 0.265 e. The molecule has 0 fully saturated rings. The molecule has 1 atom stereocenters. The van der Waals surface area contributed by atoms with Crippen molar-refractivity contribution in [1.82, 2.24) is 0 Å². The van der Waals surface area contributed by atoms with Crippen LogP contribution >= 0.6 is 34.5 Å². The van der Waals surface area contributed by atoms with Gasteiger partial charge in [-0.3, -0.25) is 9.59 Å². The van der Waals surface area contributed by atoms with Crippen LogP contribution in [-0.4, -0.2) is 17.9 Å². The number of anilines is 1. The Bertz CT molecular complexity index is 1080. The van der Waals surface area contributed by atoms with Crippen LogP contribution < -0.4 is 15.8 Å². The van der Waals surface area contributed by atoms with Crippen LogP contribution in [0.4, 0.5) is 5.00 Å². The fourth-order valence-corrected chi connectivity index (χ4v) is 4.62. The molecule has 0 radical (unpaired) electrons. The van der Waals surface area contributed by atoms with Crippen LogP contribution in [0, 0.1) is 6.92 Å². The molecule has 2 amide bonds. The Balaban J connectivity index is 1.79. The number of amides is 2. The number of nitrogens with two attached hydrogens (primary N) is 1. The Labute approximate surface area is 188 Å². The van der Waals surface area contributed by atoms with Crippen LogP contribution in [-0.2, 0) is 11.2 Å². The Morgan fingerprint density at radius 3 is 2.50 bits per heavy atom. The highest BCUT2D eigenvalue weighted by molar-refractivity contribution is 7.17. The van der Waals surface area contributed by atoms with Gasteiger partial charge in [0.25, 0.3) is 11.8 Å². The second kappa shape index (κ2) is 9.51. The summed E-state index contributed by atoms with van der Waals surface area (Å²) in [5, 5.41) is 3.96. The van der Waals surface area contributed by atoms with Gasteiger partial charge in [0.2, 0.25) is 0 Å². The van der Waals surface area contributed by atoms with Crippen LogP contribution in [0.3, 0.4) is 0 Å². The number of primary amides is 1. The van der Waals surface area contributed by atoms with Crippen molar-refractivity contribution in [3.8, 4) is 5.75 Å². The number of carbonyl (C=O) groups excluding carboxylic acids is 2. The summed E-state index contributed by atoms with van der Waals surface area (Å²) < 4.78 is 5.65. The molecule has 0 aliphatic rings. The third-order valence-electron chi connectivity index (χ3n) is 4.50. The molecule has 156 valence electrons. The second-order valence-electron chi connectivity index (χ2n) is 6.71. The van der Waals surface area contributed by atoms with E-state index < -0.39 is 17.9 Å². The summed E-state index contributed by atoms with van der Waals surface area (Å²) in [5.41, 5.74) is 7.77.